The van der Waals surface area contributed by atoms with Crippen molar-refractivity contribution >= 4 is 60.7 Å². The smallest absolute Gasteiger partial charge is 0.243 e. The van der Waals surface area contributed by atoms with Crippen molar-refractivity contribution in [3.8, 4) is 0 Å². The predicted molar refractivity (Wildman–Crippen MR) is 143 cm³/mol. The van der Waals surface area contributed by atoms with Crippen LogP contribution in [0.5, 0.6) is 0 Å². The fourth-order valence-electron chi connectivity index (χ4n) is 3.91. The molecule has 184 valence electrons. The van der Waals surface area contributed by atoms with Gasteiger partial charge in [-0.3, -0.25) is 4.79 Å². The molecule has 0 aliphatic carbocycles. The van der Waals surface area contributed by atoms with E-state index in [9.17, 15) is 13.2 Å². The van der Waals surface area contributed by atoms with Gasteiger partial charge < -0.3 is 9.80 Å². The molecule has 1 saturated heterocycles. The number of benzene rings is 3. The van der Waals surface area contributed by atoms with Crippen LogP contribution < -0.4 is 4.90 Å². The van der Waals surface area contributed by atoms with Crippen LogP contribution in [-0.2, 0) is 21.4 Å². The summed E-state index contributed by atoms with van der Waals surface area (Å²) in [6.07, 6.45) is 0. The van der Waals surface area contributed by atoms with E-state index in [0.717, 1.165) is 15.7 Å². The van der Waals surface area contributed by atoms with Gasteiger partial charge >= 0.3 is 0 Å². The second-order valence-electron chi connectivity index (χ2n) is 8.20. The first-order chi connectivity index (χ1) is 16.7. The maximum atomic E-state index is 13.5. The Morgan fingerprint density at radius 3 is 2.17 bits per heavy atom. The largest absolute Gasteiger partial charge is 0.368 e. The highest BCUT2D eigenvalue weighted by atomic mass is 79.9. The molecule has 35 heavy (non-hydrogen) atoms. The molecule has 0 bridgehead atoms. The number of sulfonamides is 1. The molecular weight excluding hydrogens is 573 g/mol. The van der Waals surface area contributed by atoms with E-state index in [-0.39, 0.29) is 23.9 Å². The van der Waals surface area contributed by atoms with Gasteiger partial charge in [0, 0.05) is 52.9 Å². The molecule has 0 unspecified atom stereocenters. The van der Waals surface area contributed by atoms with Crippen molar-refractivity contribution in [3.05, 3.63) is 92.9 Å². The normalized spacial score (nSPS) is 14.4. The number of anilines is 1. The Labute approximate surface area is 224 Å². The van der Waals surface area contributed by atoms with Crippen LogP contribution in [0.3, 0.4) is 0 Å². The number of halogens is 3. The summed E-state index contributed by atoms with van der Waals surface area (Å²) in [5.41, 5.74) is 1.79. The summed E-state index contributed by atoms with van der Waals surface area (Å²) >= 11 is 15.5. The van der Waals surface area contributed by atoms with Crippen LogP contribution >= 0.6 is 39.1 Å². The second-order valence-corrected chi connectivity index (χ2v) is 11.9. The Bertz CT molecular complexity index is 1280. The van der Waals surface area contributed by atoms with Crippen molar-refractivity contribution in [2.24, 2.45) is 0 Å². The molecular formula is C25H24BrCl2N3O3S. The molecule has 0 aromatic heterocycles. The van der Waals surface area contributed by atoms with E-state index >= 15 is 0 Å². The first kappa shape index (κ1) is 26.0. The lowest BCUT2D eigenvalue weighted by Crippen LogP contribution is -2.51. The monoisotopic (exact) mass is 595 g/mol. The summed E-state index contributed by atoms with van der Waals surface area (Å²) in [6, 6.07) is 21.0. The number of piperazine rings is 1. The highest BCUT2D eigenvalue weighted by Gasteiger charge is 2.30. The molecule has 0 atom stereocenters. The van der Waals surface area contributed by atoms with Gasteiger partial charge in [-0.05, 0) is 60.2 Å². The highest BCUT2D eigenvalue weighted by molar-refractivity contribution is 9.10. The van der Waals surface area contributed by atoms with Gasteiger partial charge in [-0.15, -0.1) is 0 Å². The molecule has 3 aromatic carbocycles. The minimum atomic E-state index is -3.93. The molecule has 1 aliphatic rings. The molecule has 1 fully saturated rings. The van der Waals surface area contributed by atoms with Crippen LogP contribution in [0, 0.1) is 0 Å². The van der Waals surface area contributed by atoms with Crippen molar-refractivity contribution in [3.63, 3.8) is 0 Å². The average Bonchev–Trinajstić information content (AvgIpc) is 2.85. The summed E-state index contributed by atoms with van der Waals surface area (Å²) in [6.45, 7) is 2.10. The van der Waals surface area contributed by atoms with Gasteiger partial charge in [0.25, 0.3) is 0 Å². The Hall–Kier alpha value is -2.10. The zero-order chi connectivity index (χ0) is 25.0. The Morgan fingerprint density at radius 1 is 0.886 bits per heavy atom. The quantitative estimate of drug-likeness (QED) is 0.372. The lowest BCUT2D eigenvalue weighted by Gasteiger charge is -2.37. The molecule has 0 N–H and O–H groups in total. The highest BCUT2D eigenvalue weighted by Crippen LogP contribution is 2.23. The molecule has 1 amide bonds. The van der Waals surface area contributed by atoms with Gasteiger partial charge in [0.05, 0.1) is 11.4 Å². The predicted octanol–water partition coefficient (Wildman–Crippen LogP) is 5.30. The fourth-order valence-corrected chi connectivity index (χ4v) is 5.87. The molecule has 4 rings (SSSR count). The maximum absolute atomic E-state index is 13.5. The van der Waals surface area contributed by atoms with E-state index in [0.29, 0.717) is 36.2 Å². The van der Waals surface area contributed by atoms with E-state index in [2.05, 4.69) is 20.8 Å². The molecule has 0 spiro atoms. The minimum absolute atomic E-state index is 0.0759. The van der Waals surface area contributed by atoms with Gasteiger partial charge in [-0.1, -0.05) is 57.3 Å². The first-order valence-corrected chi connectivity index (χ1v) is 14.0. The van der Waals surface area contributed by atoms with E-state index in [1.807, 2.05) is 48.5 Å². The van der Waals surface area contributed by atoms with Crippen molar-refractivity contribution in [2.45, 2.75) is 11.4 Å². The summed E-state index contributed by atoms with van der Waals surface area (Å²) in [5.74, 6) is -0.231. The maximum Gasteiger partial charge on any atom is 0.243 e. The van der Waals surface area contributed by atoms with Crippen LogP contribution in [0.15, 0.2) is 82.2 Å². The van der Waals surface area contributed by atoms with Crippen LogP contribution in [0.1, 0.15) is 5.56 Å². The summed E-state index contributed by atoms with van der Waals surface area (Å²) < 4.78 is 29.1. The molecule has 10 heteroatoms. The zero-order valence-corrected chi connectivity index (χ0v) is 22.7. The standard InChI is InChI=1S/C25H24BrCl2N3O3S/c26-20-6-4-19(5-7-20)17-31(35(33,34)24-10-8-21(27)9-11-24)18-25(32)30-14-12-29(13-15-30)23-3-1-2-22(28)16-23/h1-11,16H,12-15,17-18H2. The number of carbonyl (C=O) groups is 1. The van der Waals surface area contributed by atoms with Crippen LogP contribution in [0.2, 0.25) is 10.0 Å². The van der Waals surface area contributed by atoms with Gasteiger partial charge in [0.1, 0.15) is 0 Å². The third-order valence-corrected chi connectivity index (χ3v) is 8.66. The van der Waals surface area contributed by atoms with Crippen LogP contribution in [0.4, 0.5) is 5.69 Å². The molecule has 0 radical (unpaired) electrons. The van der Waals surface area contributed by atoms with Crippen LogP contribution in [0.25, 0.3) is 0 Å². The first-order valence-electron chi connectivity index (χ1n) is 11.0. The molecule has 1 aliphatic heterocycles. The Balaban J connectivity index is 1.50. The van der Waals surface area contributed by atoms with E-state index in [1.54, 1.807) is 4.90 Å². The average molecular weight is 597 g/mol. The lowest BCUT2D eigenvalue weighted by molar-refractivity contribution is -0.131. The summed E-state index contributed by atoms with van der Waals surface area (Å²) in [7, 11) is -3.93. The molecule has 1 heterocycles. The third-order valence-electron chi connectivity index (χ3n) is 5.84. The number of amides is 1. The molecule has 3 aromatic rings. The van der Waals surface area contributed by atoms with Gasteiger partial charge in [0.15, 0.2) is 0 Å². The Kier molecular flexibility index (Phi) is 8.39. The SMILES string of the molecule is O=C(CN(Cc1ccc(Br)cc1)S(=O)(=O)c1ccc(Cl)cc1)N1CCN(c2cccc(Cl)c2)CC1. The Morgan fingerprint density at radius 2 is 1.54 bits per heavy atom. The van der Waals surface area contributed by atoms with Crippen molar-refractivity contribution in [2.75, 3.05) is 37.6 Å². The molecule has 0 saturated carbocycles. The molecule has 6 nitrogen and oxygen atoms in total. The summed E-state index contributed by atoms with van der Waals surface area (Å²) in [5, 5.41) is 1.11. The summed E-state index contributed by atoms with van der Waals surface area (Å²) in [4.78, 5) is 17.2. The van der Waals surface area contributed by atoms with E-state index in [4.69, 9.17) is 23.2 Å². The van der Waals surface area contributed by atoms with E-state index < -0.39 is 10.0 Å². The number of hydrogen-bond donors (Lipinski definition) is 0. The van der Waals surface area contributed by atoms with Crippen molar-refractivity contribution in [1.82, 2.24) is 9.21 Å². The number of rotatable bonds is 7. The van der Waals surface area contributed by atoms with Gasteiger partial charge in [-0.2, -0.15) is 4.31 Å². The second kappa shape index (κ2) is 11.3. The zero-order valence-electron chi connectivity index (χ0n) is 18.8. The minimum Gasteiger partial charge on any atom is -0.368 e. The van der Waals surface area contributed by atoms with Gasteiger partial charge in [0.2, 0.25) is 15.9 Å². The van der Waals surface area contributed by atoms with E-state index in [1.165, 1.54) is 28.6 Å². The number of carbonyl (C=O) groups excluding carboxylic acids is 1. The van der Waals surface area contributed by atoms with Gasteiger partial charge in [-0.25, -0.2) is 8.42 Å². The van der Waals surface area contributed by atoms with Crippen molar-refractivity contribution < 1.29 is 13.2 Å². The number of hydrogen-bond acceptors (Lipinski definition) is 4. The topological polar surface area (TPSA) is 60.9 Å². The lowest BCUT2D eigenvalue weighted by atomic mass is 10.2. The number of nitrogens with zero attached hydrogens (tertiary/aromatic N) is 3. The van der Waals surface area contributed by atoms with Crippen LogP contribution in [-0.4, -0.2) is 56.3 Å². The third kappa shape index (κ3) is 6.57. The fraction of sp³-hybridized carbons (Fsp3) is 0.240. The van der Waals surface area contributed by atoms with Crippen molar-refractivity contribution in [1.29, 1.82) is 0 Å².